The topological polar surface area (TPSA) is 173 Å². The van der Waals surface area contributed by atoms with Crippen molar-refractivity contribution in [2.75, 3.05) is 18.4 Å². The van der Waals surface area contributed by atoms with Crippen molar-refractivity contribution in [2.24, 2.45) is 0 Å². The molecule has 0 aliphatic rings. The van der Waals surface area contributed by atoms with E-state index in [9.17, 15) is 8.42 Å². The van der Waals surface area contributed by atoms with Gasteiger partial charge in [-0.3, -0.25) is 9.29 Å². The van der Waals surface area contributed by atoms with Crippen LogP contribution in [0.4, 0.5) is 5.95 Å². The second kappa shape index (κ2) is 11.8. The molecule has 0 bridgehead atoms. The van der Waals surface area contributed by atoms with Crippen molar-refractivity contribution in [3.8, 4) is 17.4 Å². The summed E-state index contributed by atoms with van der Waals surface area (Å²) >= 11 is 0. The Morgan fingerprint density at radius 2 is 1.85 bits per heavy atom. The number of methoxy groups -OCH3 is 1. The van der Waals surface area contributed by atoms with Gasteiger partial charge in [-0.25, -0.2) is 23.4 Å². The molecule has 4 rings (SSSR count). The fourth-order valence-electron chi connectivity index (χ4n) is 3.75. The summed E-state index contributed by atoms with van der Waals surface area (Å²) < 4.78 is 48.0. The number of anilines is 1. The number of hydrogen-bond acceptors (Lipinski definition) is 12. The maximum atomic E-state index is 13.7. The van der Waals surface area contributed by atoms with Gasteiger partial charge in [0.25, 0.3) is 0 Å². The van der Waals surface area contributed by atoms with Gasteiger partial charge < -0.3 is 14.0 Å². The lowest BCUT2D eigenvalue weighted by Gasteiger charge is -2.24. The molecule has 0 saturated carbocycles. The molecule has 39 heavy (non-hydrogen) atoms. The summed E-state index contributed by atoms with van der Waals surface area (Å²) in [5.41, 5.74) is 1.25. The first-order valence-electron chi connectivity index (χ1n) is 12.3. The molecule has 14 nitrogen and oxygen atoms in total. The van der Waals surface area contributed by atoms with Gasteiger partial charge >= 0.3 is 0 Å². The lowest BCUT2D eigenvalue weighted by molar-refractivity contribution is 0.0466. The minimum Gasteiger partial charge on any atom is -0.481 e. The van der Waals surface area contributed by atoms with E-state index in [1.165, 1.54) is 18.6 Å². The van der Waals surface area contributed by atoms with Crippen molar-refractivity contribution in [3.63, 3.8) is 0 Å². The summed E-state index contributed by atoms with van der Waals surface area (Å²) in [5, 5.41) is 11.2. The highest BCUT2D eigenvalue weighted by Gasteiger charge is 2.36. The normalized spacial score (nSPS) is 14.1. The first-order valence-corrected chi connectivity index (χ1v) is 13.9. The van der Waals surface area contributed by atoms with E-state index in [4.69, 9.17) is 14.0 Å². The molecule has 15 heteroatoms. The van der Waals surface area contributed by atoms with Crippen LogP contribution in [0.5, 0.6) is 5.88 Å². The highest BCUT2D eigenvalue weighted by Crippen LogP contribution is 2.31. The number of aromatic nitrogens is 8. The Morgan fingerprint density at radius 3 is 2.49 bits per heavy atom. The zero-order valence-electron chi connectivity index (χ0n) is 22.6. The number of pyridine rings is 1. The molecular formula is C24H31N9O5S. The van der Waals surface area contributed by atoms with Gasteiger partial charge in [0.1, 0.15) is 23.1 Å². The van der Waals surface area contributed by atoms with Crippen LogP contribution in [-0.2, 0) is 14.8 Å². The minimum absolute atomic E-state index is 0.0658. The number of nitrogens with zero attached hydrogens (tertiary/aromatic N) is 8. The van der Waals surface area contributed by atoms with Gasteiger partial charge in [-0.2, -0.15) is 4.98 Å². The number of hydrogen-bond donors (Lipinski definition) is 1. The lowest BCUT2D eigenvalue weighted by atomic mass is 10.2. The fraction of sp³-hybridized carbons (Fsp3) is 0.458. The van der Waals surface area contributed by atoms with Crippen molar-refractivity contribution in [1.82, 2.24) is 39.9 Å². The molecule has 3 atom stereocenters. The third kappa shape index (κ3) is 6.20. The summed E-state index contributed by atoms with van der Waals surface area (Å²) in [6.07, 6.45) is 3.01. The number of nitrogens with one attached hydrogen (secondary N) is 1. The fourth-order valence-corrected chi connectivity index (χ4v) is 4.85. The smallest absolute Gasteiger partial charge is 0.249 e. The van der Waals surface area contributed by atoms with Crippen LogP contribution in [-0.4, -0.2) is 67.2 Å². The Kier molecular flexibility index (Phi) is 8.50. The summed E-state index contributed by atoms with van der Waals surface area (Å²) in [4.78, 5) is 17.4. The number of aryl methyl sites for hydroxylation is 2. The Balaban J connectivity index is 1.74. The zero-order valence-corrected chi connectivity index (χ0v) is 23.4. The highest BCUT2D eigenvalue weighted by atomic mass is 32.2. The van der Waals surface area contributed by atoms with Crippen molar-refractivity contribution < 1.29 is 22.4 Å². The Bertz CT molecular complexity index is 1500. The van der Waals surface area contributed by atoms with Crippen LogP contribution >= 0.6 is 0 Å². The Labute approximate surface area is 226 Å². The Morgan fingerprint density at radius 1 is 1.10 bits per heavy atom. The van der Waals surface area contributed by atoms with E-state index in [0.717, 1.165) is 5.56 Å². The zero-order chi connectivity index (χ0) is 28.2. The van der Waals surface area contributed by atoms with Crippen LogP contribution in [0.1, 0.15) is 62.4 Å². The second-order valence-corrected chi connectivity index (χ2v) is 10.9. The summed E-state index contributed by atoms with van der Waals surface area (Å²) in [6.45, 7) is 9.08. The molecule has 1 N–H and O–H groups in total. The van der Waals surface area contributed by atoms with Crippen LogP contribution in [0.15, 0.2) is 35.1 Å². The average molecular weight is 558 g/mol. The van der Waals surface area contributed by atoms with E-state index < -0.39 is 27.4 Å². The van der Waals surface area contributed by atoms with Gasteiger partial charge in [-0.1, -0.05) is 18.1 Å². The molecule has 0 spiro atoms. The van der Waals surface area contributed by atoms with Crippen LogP contribution in [0.25, 0.3) is 11.5 Å². The molecule has 0 amide bonds. The second-order valence-electron chi connectivity index (χ2n) is 8.90. The predicted molar refractivity (Wildman–Crippen MR) is 140 cm³/mol. The third-order valence-electron chi connectivity index (χ3n) is 5.85. The van der Waals surface area contributed by atoms with Gasteiger partial charge in [-0.15, -0.1) is 10.2 Å². The van der Waals surface area contributed by atoms with E-state index in [2.05, 4.69) is 40.0 Å². The van der Waals surface area contributed by atoms with Gasteiger partial charge in [0.05, 0.1) is 7.11 Å². The van der Waals surface area contributed by atoms with E-state index in [1.54, 1.807) is 44.4 Å². The molecule has 0 aromatic carbocycles. The molecule has 0 radical (unpaired) electrons. The quantitative estimate of drug-likeness (QED) is 0.270. The molecular weight excluding hydrogens is 526 g/mol. The largest absolute Gasteiger partial charge is 0.481 e. The molecule has 0 aliphatic carbocycles. The van der Waals surface area contributed by atoms with Crippen molar-refractivity contribution >= 4 is 16.0 Å². The molecule has 0 saturated heterocycles. The molecule has 0 aliphatic heterocycles. The molecule has 4 aromatic heterocycles. The standard InChI is InChI=1S/C24H31N9O5S/c1-7-11-37-20(21-25-12-14(2)13-26-21)16(4)39(34,35)32-24-30-29-22(18-9-8-10-19(28-18)36-6)33(24)15(3)23-27-17(5)31-38-23/h8-10,12-13,15-16,20H,7,11H2,1-6H3,(H,30,32)/t15-,16-,20+/m0/s1. The van der Waals surface area contributed by atoms with Crippen LogP contribution in [0, 0.1) is 13.8 Å². The average Bonchev–Trinajstić information content (AvgIpc) is 3.55. The van der Waals surface area contributed by atoms with Crippen molar-refractivity contribution in [3.05, 3.63) is 53.7 Å². The maximum Gasteiger partial charge on any atom is 0.249 e. The predicted octanol–water partition coefficient (Wildman–Crippen LogP) is 3.05. The van der Waals surface area contributed by atoms with Gasteiger partial charge in [-0.05, 0) is 45.7 Å². The third-order valence-corrected chi connectivity index (χ3v) is 7.55. The van der Waals surface area contributed by atoms with Gasteiger partial charge in [0.2, 0.25) is 27.7 Å². The van der Waals surface area contributed by atoms with E-state index in [0.29, 0.717) is 30.4 Å². The first-order chi connectivity index (χ1) is 18.6. The first kappa shape index (κ1) is 28.0. The van der Waals surface area contributed by atoms with E-state index >= 15 is 0 Å². The molecule has 0 unspecified atom stereocenters. The summed E-state index contributed by atoms with van der Waals surface area (Å²) in [6, 6.07) is 4.48. The van der Waals surface area contributed by atoms with Gasteiger partial charge in [0, 0.05) is 25.1 Å². The summed E-state index contributed by atoms with van der Waals surface area (Å²) in [5.74, 6) is 1.49. The van der Waals surface area contributed by atoms with Crippen LogP contribution in [0.2, 0.25) is 0 Å². The maximum absolute atomic E-state index is 13.7. The van der Waals surface area contributed by atoms with Crippen molar-refractivity contribution in [1.29, 1.82) is 0 Å². The van der Waals surface area contributed by atoms with Crippen molar-refractivity contribution in [2.45, 2.75) is 58.4 Å². The lowest BCUT2D eigenvalue weighted by Crippen LogP contribution is -2.34. The number of ether oxygens (including phenoxy) is 2. The number of rotatable bonds is 12. The van der Waals surface area contributed by atoms with Crippen LogP contribution in [0.3, 0.4) is 0 Å². The van der Waals surface area contributed by atoms with E-state index in [1.807, 2.05) is 13.8 Å². The van der Waals surface area contributed by atoms with E-state index in [-0.39, 0.29) is 23.5 Å². The highest BCUT2D eigenvalue weighted by molar-refractivity contribution is 7.93. The monoisotopic (exact) mass is 557 g/mol. The van der Waals surface area contributed by atoms with Crippen LogP contribution < -0.4 is 9.46 Å². The SMILES string of the molecule is CCCO[C@@H](c1ncc(C)cn1)[C@H](C)S(=O)(=O)Nc1nnc(-c2cccc(OC)n2)n1[C@@H](C)c1nc(C)no1. The number of sulfonamides is 1. The molecule has 4 aromatic rings. The summed E-state index contributed by atoms with van der Waals surface area (Å²) in [7, 11) is -2.61. The molecule has 208 valence electrons. The Hall–Kier alpha value is -3.98. The van der Waals surface area contributed by atoms with Gasteiger partial charge in [0.15, 0.2) is 17.5 Å². The minimum atomic E-state index is -4.11. The molecule has 0 fully saturated rings. The molecule has 4 heterocycles.